The molecule has 6 heteroatoms. The highest BCUT2D eigenvalue weighted by molar-refractivity contribution is 14.1. The molecule has 0 bridgehead atoms. The third-order valence-electron chi connectivity index (χ3n) is 4.04. The van der Waals surface area contributed by atoms with E-state index >= 15 is 0 Å². The highest BCUT2D eigenvalue weighted by Crippen LogP contribution is 2.36. The summed E-state index contributed by atoms with van der Waals surface area (Å²) in [6.07, 6.45) is 4.00. The Bertz CT molecular complexity index is 1150. The van der Waals surface area contributed by atoms with E-state index in [0.717, 1.165) is 36.1 Å². The second-order valence-electron chi connectivity index (χ2n) is 5.86. The van der Waals surface area contributed by atoms with Gasteiger partial charge in [0.15, 0.2) is 0 Å². The summed E-state index contributed by atoms with van der Waals surface area (Å²) < 4.78 is 12.7. The van der Waals surface area contributed by atoms with Gasteiger partial charge in [0.2, 0.25) is 5.88 Å². The van der Waals surface area contributed by atoms with E-state index in [-0.39, 0.29) is 6.10 Å². The van der Waals surface area contributed by atoms with Crippen LogP contribution in [0, 0.1) is 15.4 Å². The lowest BCUT2D eigenvalue weighted by Crippen LogP contribution is -2.16. The normalized spacial score (nSPS) is 12.1. The van der Waals surface area contributed by atoms with E-state index in [1.807, 2.05) is 25.1 Å². The van der Waals surface area contributed by atoms with Gasteiger partial charge in [-0.25, -0.2) is 9.97 Å². The highest BCUT2D eigenvalue weighted by Gasteiger charge is 2.18. The Morgan fingerprint density at radius 3 is 3.04 bits per heavy atom. The van der Waals surface area contributed by atoms with E-state index < -0.39 is 0 Å². The van der Waals surface area contributed by atoms with Gasteiger partial charge in [-0.1, -0.05) is 18.1 Å². The third-order valence-corrected chi connectivity index (χ3v) is 6.50. The summed E-state index contributed by atoms with van der Waals surface area (Å²) in [6.45, 7) is 3.89. The summed E-state index contributed by atoms with van der Waals surface area (Å²) >= 11 is 3.87. The van der Waals surface area contributed by atoms with Crippen LogP contribution in [0.1, 0.15) is 24.3 Å². The average molecular weight is 474 g/mol. The predicted molar refractivity (Wildman–Crippen MR) is 113 cm³/mol. The zero-order valence-corrected chi connectivity index (χ0v) is 17.2. The first-order valence-electron chi connectivity index (χ1n) is 8.15. The molecule has 0 aliphatic carbocycles. The molecule has 1 aromatic carbocycles. The molecule has 1 unspecified atom stereocenters. The number of ether oxygens (including phenoxy) is 1. The van der Waals surface area contributed by atoms with E-state index in [4.69, 9.17) is 9.15 Å². The van der Waals surface area contributed by atoms with E-state index in [2.05, 4.69) is 57.4 Å². The lowest BCUT2D eigenvalue weighted by molar-refractivity contribution is 0.216. The first-order chi connectivity index (χ1) is 12.7. The Morgan fingerprint density at radius 2 is 2.19 bits per heavy atom. The van der Waals surface area contributed by atoms with Gasteiger partial charge in [-0.05, 0) is 54.1 Å². The Hall–Kier alpha value is -2.11. The summed E-state index contributed by atoms with van der Waals surface area (Å²) in [5.41, 5.74) is 2.10. The van der Waals surface area contributed by atoms with Gasteiger partial charge in [-0.15, -0.1) is 17.3 Å². The number of halogens is 1. The van der Waals surface area contributed by atoms with Crippen LogP contribution in [-0.2, 0) is 6.42 Å². The van der Waals surface area contributed by atoms with Crippen molar-refractivity contribution in [2.45, 2.75) is 26.4 Å². The number of thiophene rings is 1. The van der Waals surface area contributed by atoms with Crippen LogP contribution in [0.15, 0.2) is 41.3 Å². The summed E-state index contributed by atoms with van der Waals surface area (Å²) in [5.74, 6) is 6.70. The zero-order valence-electron chi connectivity index (χ0n) is 14.2. The maximum atomic E-state index is 6.20. The molecular weight excluding hydrogens is 459 g/mol. The maximum absolute atomic E-state index is 6.20. The van der Waals surface area contributed by atoms with Crippen molar-refractivity contribution in [3.63, 3.8) is 0 Å². The van der Waals surface area contributed by atoms with Crippen molar-refractivity contribution in [2.75, 3.05) is 0 Å². The quantitative estimate of drug-likeness (QED) is 0.293. The molecule has 130 valence electrons. The fraction of sp³-hybridized carbons (Fsp3) is 0.200. The highest BCUT2D eigenvalue weighted by atomic mass is 127. The molecule has 3 aromatic heterocycles. The molecule has 0 amide bonds. The van der Waals surface area contributed by atoms with Gasteiger partial charge >= 0.3 is 0 Å². The summed E-state index contributed by atoms with van der Waals surface area (Å²) in [4.78, 5) is 10.7. The lowest BCUT2D eigenvalue weighted by atomic mass is 10.0. The number of aromatic nitrogens is 2. The van der Waals surface area contributed by atoms with Crippen molar-refractivity contribution in [2.24, 2.45) is 0 Å². The van der Waals surface area contributed by atoms with Gasteiger partial charge in [0.1, 0.15) is 22.8 Å². The topological polar surface area (TPSA) is 48.2 Å². The summed E-state index contributed by atoms with van der Waals surface area (Å²) in [7, 11) is 0. The van der Waals surface area contributed by atoms with E-state index in [9.17, 15) is 0 Å². The SMILES string of the molecule is CC#Cc1sc2ncnc(OC(C)Cc3cccc4occc34)c2c1I. The number of hydrogen-bond donors (Lipinski definition) is 0. The Balaban J connectivity index is 1.64. The molecule has 0 aliphatic heterocycles. The number of nitrogens with zero attached hydrogens (tertiary/aromatic N) is 2. The van der Waals surface area contributed by atoms with Crippen molar-refractivity contribution in [1.29, 1.82) is 0 Å². The number of hydrogen-bond acceptors (Lipinski definition) is 5. The molecule has 4 aromatic rings. The molecule has 0 fully saturated rings. The Kier molecular flexibility index (Phi) is 4.83. The van der Waals surface area contributed by atoms with Gasteiger partial charge in [-0.3, -0.25) is 0 Å². The van der Waals surface area contributed by atoms with Crippen LogP contribution in [0.2, 0.25) is 0 Å². The molecule has 0 spiro atoms. The summed E-state index contributed by atoms with van der Waals surface area (Å²) in [6, 6.07) is 8.09. The minimum Gasteiger partial charge on any atom is -0.474 e. The fourth-order valence-electron chi connectivity index (χ4n) is 2.93. The van der Waals surface area contributed by atoms with Gasteiger partial charge in [0.05, 0.1) is 20.1 Å². The number of rotatable bonds is 4. The minimum atomic E-state index is -0.0370. The molecule has 4 rings (SSSR count). The van der Waals surface area contributed by atoms with Gasteiger partial charge in [0, 0.05) is 11.8 Å². The van der Waals surface area contributed by atoms with Crippen molar-refractivity contribution in [3.05, 3.63) is 50.9 Å². The van der Waals surface area contributed by atoms with Crippen LogP contribution in [0.5, 0.6) is 5.88 Å². The van der Waals surface area contributed by atoms with Crippen molar-refractivity contribution >= 4 is 55.1 Å². The van der Waals surface area contributed by atoms with Gasteiger partial charge in [-0.2, -0.15) is 0 Å². The molecule has 26 heavy (non-hydrogen) atoms. The predicted octanol–water partition coefficient (Wildman–Crippen LogP) is 5.42. The van der Waals surface area contributed by atoms with E-state index in [0.29, 0.717) is 5.88 Å². The monoisotopic (exact) mass is 474 g/mol. The van der Waals surface area contributed by atoms with Gasteiger partial charge in [0.25, 0.3) is 0 Å². The maximum Gasteiger partial charge on any atom is 0.226 e. The third kappa shape index (κ3) is 3.17. The molecule has 1 atom stereocenters. The Morgan fingerprint density at radius 1 is 1.31 bits per heavy atom. The van der Waals surface area contributed by atoms with Crippen LogP contribution < -0.4 is 4.74 Å². The fourth-order valence-corrected chi connectivity index (χ4v) is 5.00. The molecule has 4 nitrogen and oxygen atoms in total. The molecular formula is C20H15IN2O2S. The van der Waals surface area contributed by atoms with Crippen molar-refractivity contribution in [3.8, 4) is 17.7 Å². The first-order valence-corrected chi connectivity index (χ1v) is 10.0. The number of fused-ring (bicyclic) bond motifs is 2. The average Bonchev–Trinajstić information content (AvgIpc) is 3.22. The van der Waals surface area contributed by atoms with Crippen LogP contribution in [-0.4, -0.2) is 16.1 Å². The van der Waals surface area contributed by atoms with Crippen LogP contribution in [0.4, 0.5) is 0 Å². The second kappa shape index (κ2) is 7.25. The first kappa shape index (κ1) is 17.3. The standard InChI is InChI=1S/C20H15IN2O2S/c1-3-5-16-18(21)17-19(22-11-23-20(17)26-16)25-12(2)10-13-6-4-7-15-14(13)8-9-24-15/h4,6-9,11-12H,10H2,1-2H3. The van der Waals surface area contributed by atoms with E-state index in [1.54, 1.807) is 23.9 Å². The molecule has 0 N–H and O–H groups in total. The number of furan rings is 1. The van der Waals surface area contributed by atoms with E-state index in [1.165, 1.54) is 5.56 Å². The van der Waals surface area contributed by atoms with Crippen LogP contribution in [0.25, 0.3) is 21.2 Å². The van der Waals surface area contributed by atoms with Crippen LogP contribution in [0.3, 0.4) is 0 Å². The molecule has 0 saturated carbocycles. The molecule has 0 aliphatic rings. The largest absolute Gasteiger partial charge is 0.474 e. The Labute approximate surface area is 168 Å². The number of benzene rings is 1. The minimum absolute atomic E-state index is 0.0370. The lowest BCUT2D eigenvalue weighted by Gasteiger charge is -2.15. The van der Waals surface area contributed by atoms with Crippen molar-refractivity contribution in [1.82, 2.24) is 9.97 Å². The van der Waals surface area contributed by atoms with Crippen molar-refractivity contribution < 1.29 is 9.15 Å². The molecule has 0 radical (unpaired) electrons. The molecule has 0 saturated heterocycles. The second-order valence-corrected chi connectivity index (χ2v) is 7.94. The zero-order chi connectivity index (χ0) is 18.1. The summed E-state index contributed by atoms with van der Waals surface area (Å²) in [5, 5.41) is 2.07. The van der Waals surface area contributed by atoms with Crippen LogP contribution >= 0.6 is 33.9 Å². The molecule has 3 heterocycles. The van der Waals surface area contributed by atoms with Gasteiger partial charge < -0.3 is 9.15 Å². The smallest absolute Gasteiger partial charge is 0.226 e.